The molecular formula is C18H30N2O2. The van der Waals surface area contributed by atoms with Crippen molar-refractivity contribution in [1.29, 1.82) is 0 Å². The van der Waals surface area contributed by atoms with Crippen LogP contribution in [0.25, 0.3) is 0 Å². The van der Waals surface area contributed by atoms with E-state index in [0.717, 1.165) is 37.5 Å². The Morgan fingerprint density at radius 2 is 1.73 bits per heavy atom. The first-order valence-corrected chi connectivity index (χ1v) is 8.13. The van der Waals surface area contributed by atoms with Gasteiger partial charge in [-0.15, -0.1) is 0 Å². The molecule has 1 amide bonds. The number of nitrogens with one attached hydrogen (secondary N) is 1. The fraction of sp³-hybridized carbons (Fsp3) is 0.611. The van der Waals surface area contributed by atoms with Crippen molar-refractivity contribution in [1.82, 2.24) is 4.90 Å². The van der Waals surface area contributed by atoms with E-state index in [1.54, 1.807) is 0 Å². The Bertz CT molecular complexity index is 445. The Labute approximate surface area is 134 Å². The maximum absolute atomic E-state index is 11.9. The van der Waals surface area contributed by atoms with Gasteiger partial charge in [-0.2, -0.15) is 0 Å². The highest BCUT2D eigenvalue weighted by Gasteiger charge is 2.20. The van der Waals surface area contributed by atoms with E-state index in [9.17, 15) is 4.79 Å². The molecule has 0 aliphatic heterocycles. The Kier molecular flexibility index (Phi) is 7.39. The predicted octanol–water partition coefficient (Wildman–Crippen LogP) is 3.78. The first kappa shape index (κ1) is 18.5. The Hall–Kier alpha value is -1.55. The minimum atomic E-state index is -0.389. The molecule has 4 heteroatoms. The summed E-state index contributed by atoms with van der Waals surface area (Å²) in [7, 11) is 0. The van der Waals surface area contributed by atoms with E-state index >= 15 is 0 Å². The summed E-state index contributed by atoms with van der Waals surface area (Å²) in [6.45, 7) is 14.0. The van der Waals surface area contributed by atoms with Crippen LogP contribution in [-0.2, 0) is 4.79 Å². The SMILES string of the molecule is CCN(CC)CCCOc1ccc(NC(=O)C(C)(C)C)cc1. The van der Waals surface area contributed by atoms with Crippen LogP contribution >= 0.6 is 0 Å². The molecule has 0 spiro atoms. The van der Waals surface area contributed by atoms with E-state index in [0.29, 0.717) is 6.61 Å². The van der Waals surface area contributed by atoms with Crippen LogP contribution in [-0.4, -0.2) is 37.0 Å². The number of ether oxygens (including phenoxy) is 1. The molecule has 0 aromatic heterocycles. The van der Waals surface area contributed by atoms with E-state index in [1.807, 2.05) is 45.0 Å². The fourth-order valence-corrected chi connectivity index (χ4v) is 1.97. The summed E-state index contributed by atoms with van der Waals surface area (Å²) in [6, 6.07) is 7.55. The second kappa shape index (κ2) is 8.79. The summed E-state index contributed by atoms with van der Waals surface area (Å²) in [5.74, 6) is 0.855. The summed E-state index contributed by atoms with van der Waals surface area (Å²) in [6.07, 6.45) is 1.02. The van der Waals surface area contributed by atoms with Gasteiger partial charge in [0.1, 0.15) is 5.75 Å². The lowest BCUT2D eigenvalue weighted by molar-refractivity contribution is -0.123. The van der Waals surface area contributed by atoms with Crippen molar-refractivity contribution in [3.8, 4) is 5.75 Å². The highest BCUT2D eigenvalue weighted by atomic mass is 16.5. The van der Waals surface area contributed by atoms with Crippen molar-refractivity contribution < 1.29 is 9.53 Å². The minimum Gasteiger partial charge on any atom is -0.494 e. The second-order valence-electron chi connectivity index (χ2n) is 6.46. The highest BCUT2D eigenvalue weighted by Crippen LogP contribution is 2.20. The van der Waals surface area contributed by atoms with E-state index in [4.69, 9.17) is 4.74 Å². The normalized spacial score (nSPS) is 11.5. The van der Waals surface area contributed by atoms with Gasteiger partial charge in [-0.1, -0.05) is 34.6 Å². The third kappa shape index (κ3) is 6.48. The molecular weight excluding hydrogens is 276 g/mol. The third-order valence-corrected chi connectivity index (χ3v) is 3.58. The lowest BCUT2D eigenvalue weighted by Crippen LogP contribution is -2.27. The first-order chi connectivity index (χ1) is 10.4. The molecule has 1 aromatic carbocycles. The number of hydrogen-bond donors (Lipinski definition) is 1. The van der Waals surface area contributed by atoms with Gasteiger partial charge < -0.3 is 15.0 Å². The number of nitrogens with zero attached hydrogens (tertiary/aromatic N) is 1. The van der Waals surface area contributed by atoms with Crippen molar-refractivity contribution in [2.75, 3.05) is 31.6 Å². The van der Waals surface area contributed by atoms with Gasteiger partial charge in [0.25, 0.3) is 0 Å². The summed E-state index contributed by atoms with van der Waals surface area (Å²) in [4.78, 5) is 14.3. The van der Waals surface area contributed by atoms with Crippen molar-refractivity contribution in [3.63, 3.8) is 0 Å². The van der Waals surface area contributed by atoms with E-state index in [1.165, 1.54) is 0 Å². The second-order valence-corrected chi connectivity index (χ2v) is 6.46. The predicted molar refractivity (Wildman–Crippen MR) is 92.4 cm³/mol. The molecule has 1 aromatic rings. The van der Waals surface area contributed by atoms with Crippen LogP contribution < -0.4 is 10.1 Å². The van der Waals surface area contributed by atoms with Crippen LogP contribution in [0.1, 0.15) is 41.0 Å². The molecule has 1 N–H and O–H groups in total. The summed E-state index contributed by atoms with van der Waals surface area (Å²) in [5, 5.41) is 2.91. The molecule has 0 unspecified atom stereocenters. The molecule has 0 aliphatic carbocycles. The molecule has 0 saturated heterocycles. The molecule has 0 saturated carbocycles. The molecule has 22 heavy (non-hydrogen) atoms. The average molecular weight is 306 g/mol. The van der Waals surface area contributed by atoms with Gasteiger partial charge in [-0.3, -0.25) is 4.79 Å². The molecule has 0 fully saturated rings. The van der Waals surface area contributed by atoms with Crippen LogP contribution in [0.4, 0.5) is 5.69 Å². The maximum atomic E-state index is 11.9. The zero-order valence-corrected chi connectivity index (χ0v) is 14.6. The Morgan fingerprint density at radius 3 is 2.23 bits per heavy atom. The topological polar surface area (TPSA) is 41.6 Å². The smallest absolute Gasteiger partial charge is 0.229 e. The Morgan fingerprint density at radius 1 is 1.14 bits per heavy atom. The average Bonchev–Trinajstić information content (AvgIpc) is 2.48. The highest BCUT2D eigenvalue weighted by molar-refractivity contribution is 5.94. The van der Waals surface area contributed by atoms with Gasteiger partial charge in [0.05, 0.1) is 6.61 Å². The van der Waals surface area contributed by atoms with Gasteiger partial charge in [-0.25, -0.2) is 0 Å². The number of carbonyl (C=O) groups is 1. The van der Waals surface area contributed by atoms with E-state index in [-0.39, 0.29) is 11.3 Å². The number of benzene rings is 1. The van der Waals surface area contributed by atoms with Crippen molar-refractivity contribution in [3.05, 3.63) is 24.3 Å². The number of carbonyl (C=O) groups excluding carboxylic acids is 1. The molecule has 0 radical (unpaired) electrons. The quantitative estimate of drug-likeness (QED) is 0.743. The van der Waals surface area contributed by atoms with Crippen molar-refractivity contribution >= 4 is 11.6 Å². The van der Waals surface area contributed by atoms with Crippen LogP contribution in [0.15, 0.2) is 24.3 Å². The molecule has 0 bridgehead atoms. The number of hydrogen-bond acceptors (Lipinski definition) is 3. The Balaban J connectivity index is 2.37. The summed E-state index contributed by atoms with van der Waals surface area (Å²) < 4.78 is 5.73. The molecule has 0 atom stereocenters. The van der Waals surface area contributed by atoms with Gasteiger partial charge in [-0.05, 0) is 43.8 Å². The van der Waals surface area contributed by atoms with Gasteiger partial charge >= 0.3 is 0 Å². The lowest BCUT2D eigenvalue weighted by atomic mass is 9.95. The minimum absolute atomic E-state index is 0.0143. The monoisotopic (exact) mass is 306 g/mol. The van der Waals surface area contributed by atoms with E-state index < -0.39 is 0 Å². The first-order valence-electron chi connectivity index (χ1n) is 8.13. The fourth-order valence-electron chi connectivity index (χ4n) is 1.97. The van der Waals surface area contributed by atoms with Crippen molar-refractivity contribution in [2.24, 2.45) is 5.41 Å². The molecule has 1 rings (SSSR count). The van der Waals surface area contributed by atoms with Gasteiger partial charge in [0.15, 0.2) is 0 Å². The number of anilines is 1. The van der Waals surface area contributed by atoms with Crippen molar-refractivity contribution in [2.45, 2.75) is 41.0 Å². The summed E-state index contributed by atoms with van der Waals surface area (Å²) >= 11 is 0. The number of amides is 1. The van der Waals surface area contributed by atoms with Gasteiger partial charge in [0.2, 0.25) is 5.91 Å². The standard InChI is InChI=1S/C18H30N2O2/c1-6-20(7-2)13-8-14-22-16-11-9-15(10-12-16)19-17(21)18(3,4)5/h9-12H,6-8,13-14H2,1-5H3,(H,19,21). The molecule has 124 valence electrons. The molecule has 0 aliphatic rings. The summed E-state index contributed by atoms with van der Waals surface area (Å²) in [5.41, 5.74) is 0.412. The third-order valence-electron chi connectivity index (χ3n) is 3.58. The molecule has 0 heterocycles. The van der Waals surface area contributed by atoms with Crippen LogP contribution in [0.2, 0.25) is 0 Å². The molecule has 4 nitrogen and oxygen atoms in total. The van der Waals surface area contributed by atoms with Crippen LogP contribution in [0.3, 0.4) is 0 Å². The van der Waals surface area contributed by atoms with Gasteiger partial charge in [0, 0.05) is 17.6 Å². The van der Waals surface area contributed by atoms with Crippen LogP contribution in [0.5, 0.6) is 5.75 Å². The lowest BCUT2D eigenvalue weighted by Gasteiger charge is -2.18. The largest absolute Gasteiger partial charge is 0.494 e. The zero-order chi connectivity index (χ0) is 16.6. The zero-order valence-electron chi connectivity index (χ0n) is 14.6. The maximum Gasteiger partial charge on any atom is 0.229 e. The van der Waals surface area contributed by atoms with Crippen LogP contribution in [0, 0.1) is 5.41 Å². The number of rotatable bonds is 8. The van der Waals surface area contributed by atoms with E-state index in [2.05, 4.69) is 24.1 Å².